The van der Waals surface area contributed by atoms with Gasteiger partial charge in [0.25, 0.3) is 0 Å². The Morgan fingerprint density at radius 2 is 1.77 bits per heavy atom. The van der Waals surface area contributed by atoms with Crippen LogP contribution in [0.4, 0.5) is 0 Å². The molecular formula is C24H29IN4O2. The van der Waals surface area contributed by atoms with Gasteiger partial charge in [0.2, 0.25) is 11.8 Å². The first-order chi connectivity index (χ1) is 14.7. The van der Waals surface area contributed by atoms with Crippen molar-refractivity contribution in [2.75, 3.05) is 26.7 Å². The Morgan fingerprint density at radius 1 is 1.06 bits per heavy atom. The summed E-state index contributed by atoms with van der Waals surface area (Å²) in [6.07, 6.45) is 6.44. The third kappa shape index (κ3) is 3.22. The Labute approximate surface area is 200 Å². The van der Waals surface area contributed by atoms with Gasteiger partial charge >= 0.3 is 0 Å². The van der Waals surface area contributed by atoms with Gasteiger partial charge in [0, 0.05) is 26.7 Å². The molecule has 0 radical (unpaired) electrons. The number of allylic oxidation sites excluding steroid dienone is 2. The number of benzene rings is 1. The van der Waals surface area contributed by atoms with Gasteiger partial charge in [-0.15, -0.1) is 24.0 Å². The van der Waals surface area contributed by atoms with Crippen LogP contribution in [0.3, 0.4) is 0 Å². The summed E-state index contributed by atoms with van der Waals surface area (Å²) in [6, 6.07) is 8.80. The number of amides is 2. The van der Waals surface area contributed by atoms with Crippen LogP contribution in [0.2, 0.25) is 0 Å². The highest BCUT2D eigenvalue weighted by atomic mass is 127. The number of likely N-dealkylation sites (tertiary alicyclic amines) is 1. The maximum Gasteiger partial charge on any atom is 0.233 e. The summed E-state index contributed by atoms with van der Waals surface area (Å²) in [4.78, 5) is 31.3. The van der Waals surface area contributed by atoms with E-state index in [0.717, 1.165) is 24.8 Å². The molecule has 4 aliphatic carbocycles. The van der Waals surface area contributed by atoms with E-state index >= 15 is 0 Å². The summed E-state index contributed by atoms with van der Waals surface area (Å²) in [6.45, 7) is 1.84. The van der Waals surface area contributed by atoms with E-state index < -0.39 is 0 Å². The number of carbonyl (C=O) groups is 2. The fourth-order valence-electron chi connectivity index (χ4n) is 6.67. The minimum atomic E-state index is -0.109. The average molecular weight is 532 g/mol. The lowest BCUT2D eigenvalue weighted by Crippen LogP contribution is -2.44. The molecule has 0 aromatic heterocycles. The number of carbonyl (C=O) groups excluding carboxylic acids is 2. The van der Waals surface area contributed by atoms with Gasteiger partial charge in [-0.05, 0) is 53.6 Å². The van der Waals surface area contributed by atoms with Gasteiger partial charge in [0.05, 0.1) is 11.8 Å². The second-order valence-corrected chi connectivity index (χ2v) is 9.46. The van der Waals surface area contributed by atoms with E-state index in [2.05, 4.69) is 52.0 Å². The fourth-order valence-corrected chi connectivity index (χ4v) is 6.67. The van der Waals surface area contributed by atoms with E-state index in [9.17, 15) is 9.59 Å². The molecule has 164 valence electrons. The number of halogens is 1. The number of nitrogens with zero attached hydrogens (tertiary/aromatic N) is 2. The van der Waals surface area contributed by atoms with Crippen LogP contribution in [0, 0.1) is 35.5 Å². The highest BCUT2D eigenvalue weighted by molar-refractivity contribution is 14.0. The summed E-state index contributed by atoms with van der Waals surface area (Å²) >= 11 is 0. The lowest BCUT2D eigenvalue weighted by Gasteiger charge is -2.19. The summed E-state index contributed by atoms with van der Waals surface area (Å²) in [5.74, 6) is 3.23. The van der Waals surface area contributed by atoms with Gasteiger partial charge in [-0.2, -0.15) is 0 Å². The lowest BCUT2D eigenvalue weighted by molar-refractivity contribution is -0.140. The number of guanidine groups is 1. The first-order valence-corrected chi connectivity index (χ1v) is 11.2. The number of fused-ring (bicyclic) bond motifs is 8. The normalized spacial score (nSPS) is 36.2. The van der Waals surface area contributed by atoms with Gasteiger partial charge in [0.15, 0.2) is 5.96 Å². The number of imide groups is 1. The second kappa shape index (κ2) is 7.90. The van der Waals surface area contributed by atoms with Crippen molar-refractivity contribution in [3.63, 3.8) is 0 Å². The molecule has 6 nitrogen and oxygen atoms in total. The highest BCUT2D eigenvalue weighted by Gasteiger charge is 2.59. The molecule has 2 bridgehead atoms. The second-order valence-electron chi connectivity index (χ2n) is 9.46. The molecule has 1 aromatic rings. The van der Waals surface area contributed by atoms with E-state index in [0.29, 0.717) is 24.9 Å². The van der Waals surface area contributed by atoms with Crippen LogP contribution < -0.4 is 10.6 Å². The molecule has 1 heterocycles. The fraction of sp³-hybridized carbons (Fsp3) is 0.542. The molecule has 7 unspecified atom stereocenters. The molecule has 31 heavy (non-hydrogen) atoms. The Bertz CT molecular complexity index is 946. The zero-order chi connectivity index (χ0) is 20.4. The van der Waals surface area contributed by atoms with Gasteiger partial charge < -0.3 is 10.6 Å². The number of rotatable bonds is 5. The third-order valence-electron chi connectivity index (χ3n) is 8.12. The molecule has 1 aliphatic heterocycles. The van der Waals surface area contributed by atoms with Gasteiger partial charge in [-0.25, -0.2) is 0 Å². The number of nitrogens with one attached hydrogen (secondary N) is 2. The van der Waals surface area contributed by atoms with Crippen LogP contribution in [0.15, 0.2) is 41.4 Å². The van der Waals surface area contributed by atoms with Crippen LogP contribution in [-0.2, 0) is 16.0 Å². The van der Waals surface area contributed by atoms with Crippen molar-refractivity contribution >= 4 is 41.8 Å². The van der Waals surface area contributed by atoms with E-state index in [1.165, 1.54) is 22.4 Å². The monoisotopic (exact) mass is 532 g/mol. The zero-order valence-corrected chi connectivity index (χ0v) is 20.0. The predicted molar refractivity (Wildman–Crippen MR) is 129 cm³/mol. The largest absolute Gasteiger partial charge is 0.356 e. The molecule has 2 saturated carbocycles. The summed E-state index contributed by atoms with van der Waals surface area (Å²) in [5.41, 5.74) is 3.04. The molecule has 3 fully saturated rings. The van der Waals surface area contributed by atoms with Crippen LogP contribution in [-0.4, -0.2) is 49.4 Å². The number of hydrogen-bond acceptors (Lipinski definition) is 3. The first kappa shape index (κ1) is 21.0. The highest BCUT2D eigenvalue weighted by Crippen LogP contribution is 2.60. The van der Waals surface area contributed by atoms with Crippen molar-refractivity contribution in [2.24, 2.45) is 40.5 Å². The molecule has 2 N–H and O–H groups in total. The van der Waals surface area contributed by atoms with Crippen molar-refractivity contribution in [3.05, 3.63) is 47.5 Å². The molecule has 7 atom stereocenters. The number of aliphatic imine (C=N–C) groups is 1. The molecule has 1 saturated heterocycles. The molecular weight excluding hydrogens is 503 g/mol. The molecule has 6 rings (SSSR count). The minimum Gasteiger partial charge on any atom is -0.356 e. The quantitative estimate of drug-likeness (QED) is 0.201. The molecule has 5 aliphatic rings. The van der Waals surface area contributed by atoms with Crippen LogP contribution in [0.25, 0.3) is 0 Å². The van der Waals surface area contributed by atoms with E-state index in [1.54, 1.807) is 7.05 Å². The maximum atomic E-state index is 12.8. The smallest absolute Gasteiger partial charge is 0.233 e. The number of hydrogen-bond donors (Lipinski definition) is 2. The van der Waals surface area contributed by atoms with Crippen LogP contribution in [0.1, 0.15) is 23.5 Å². The van der Waals surface area contributed by atoms with Gasteiger partial charge in [-0.1, -0.05) is 36.4 Å². The van der Waals surface area contributed by atoms with Gasteiger partial charge in [0.1, 0.15) is 0 Å². The van der Waals surface area contributed by atoms with Crippen LogP contribution in [0.5, 0.6) is 0 Å². The van der Waals surface area contributed by atoms with Crippen molar-refractivity contribution in [2.45, 2.75) is 18.8 Å². The Morgan fingerprint density at radius 3 is 2.48 bits per heavy atom. The van der Waals surface area contributed by atoms with E-state index in [1.807, 2.05) is 0 Å². The Hall–Kier alpha value is -1.90. The topological polar surface area (TPSA) is 73.8 Å². The summed E-state index contributed by atoms with van der Waals surface area (Å²) in [5, 5.41) is 6.73. The van der Waals surface area contributed by atoms with Crippen molar-refractivity contribution in [1.29, 1.82) is 0 Å². The zero-order valence-electron chi connectivity index (χ0n) is 17.7. The van der Waals surface area contributed by atoms with E-state index in [4.69, 9.17) is 0 Å². The van der Waals surface area contributed by atoms with Gasteiger partial charge in [-0.3, -0.25) is 19.5 Å². The minimum absolute atomic E-state index is 0. The summed E-state index contributed by atoms with van der Waals surface area (Å²) in [7, 11) is 1.76. The first-order valence-electron chi connectivity index (χ1n) is 11.2. The van der Waals surface area contributed by atoms with Crippen molar-refractivity contribution < 1.29 is 9.59 Å². The van der Waals surface area contributed by atoms with Crippen LogP contribution >= 0.6 is 24.0 Å². The molecule has 7 heteroatoms. The lowest BCUT2D eigenvalue weighted by atomic mass is 9.85. The molecule has 2 amide bonds. The van der Waals surface area contributed by atoms with Crippen molar-refractivity contribution in [3.8, 4) is 0 Å². The Balaban J connectivity index is 0.00000204. The third-order valence-corrected chi connectivity index (χ3v) is 8.12. The molecule has 1 aromatic carbocycles. The predicted octanol–water partition coefficient (Wildman–Crippen LogP) is 2.16. The maximum absolute atomic E-state index is 12.8. The standard InChI is InChI=1S/C24H28N4O2.HI/c1-25-24(27-12-18-17-11-13-4-2-3-5-16(13)21(17)18)26-8-9-28-22(29)19-14-6-7-15(10-14)20(19)23(28)30;/h2-7,14-15,17-21H,8-12H2,1H3,(H2,25,26,27);1H. The molecule has 0 spiro atoms. The van der Waals surface area contributed by atoms with Crippen molar-refractivity contribution in [1.82, 2.24) is 15.5 Å². The Kier molecular flexibility index (Phi) is 5.35. The average Bonchev–Trinajstić information content (AvgIpc) is 3.19. The van der Waals surface area contributed by atoms with E-state index in [-0.39, 0.29) is 59.5 Å². The SMILES string of the molecule is CN=C(NCCN1C(=O)C2C3C=CC(C3)C2C1=O)NCC1C2Cc3ccccc3C12.I. The summed E-state index contributed by atoms with van der Waals surface area (Å²) < 4.78 is 0.